The molecule has 0 bridgehead atoms. The van der Waals surface area contributed by atoms with Crippen molar-refractivity contribution < 1.29 is 44.2 Å². The summed E-state index contributed by atoms with van der Waals surface area (Å²) in [5.41, 5.74) is 6.92. The topological polar surface area (TPSA) is 181 Å². The van der Waals surface area contributed by atoms with Crippen molar-refractivity contribution in [2.24, 2.45) is 5.73 Å². The lowest BCUT2D eigenvalue weighted by Gasteiger charge is -2.41. The number of dihydropyridines is 1. The molecule has 2 aliphatic heterocycles. The molecule has 11 heteroatoms. The van der Waals surface area contributed by atoms with Crippen LogP contribution in [0.2, 0.25) is 0 Å². The van der Waals surface area contributed by atoms with Crippen LogP contribution in [0.3, 0.4) is 0 Å². The number of rotatable bonds is 7. The standard InChI is InChI=1S/C27H28N2O9/c28-19-11-13(7-9-29-19)8-10-36-26-25(35)24(34)18(12-30)38-27(26)37-17-6-5-16-20(23(17)33)22(32)15-4-2-1-3-14(15)21(16)31/h1-7,11,18,24-27,29-30,33-35H,8-10,12,28H2/t18-,24-,25+,26-,27-/m0/s1. The van der Waals surface area contributed by atoms with E-state index in [2.05, 4.69) is 5.32 Å². The maximum Gasteiger partial charge on any atom is 0.229 e. The predicted molar refractivity (Wildman–Crippen MR) is 133 cm³/mol. The van der Waals surface area contributed by atoms with E-state index in [9.17, 15) is 30.0 Å². The smallest absolute Gasteiger partial charge is 0.229 e. The molecule has 0 aromatic heterocycles. The number of phenolic OH excluding ortho intramolecular Hbond substituents is 1. The van der Waals surface area contributed by atoms with Crippen molar-refractivity contribution in [1.29, 1.82) is 0 Å². The molecule has 2 heterocycles. The molecular formula is C27H28N2O9. The zero-order valence-electron chi connectivity index (χ0n) is 20.2. The number of hydrogen-bond acceptors (Lipinski definition) is 11. The molecule has 0 radical (unpaired) electrons. The van der Waals surface area contributed by atoms with Gasteiger partial charge in [-0.3, -0.25) is 9.59 Å². The monoisotopic (exact) mass is 524 g/mol. The number of aromatic hydroxyl groups is 1. The average Bonchev–Trinajstić information content (AvgIpc) is 2.92. The molecule has 2 aromatic rings. The highest BCUT2D eigenvalue weighted by molar-refractivity contribution is 6.29. The number of nitrogens with two attached hydrogens (primary N) is 1. The van der Waals surface area contributed by atoms with E-state index >= 15 is 0 Å². The summed E-state index contributed by atoms with van der Waals surface area (Å²) < 4.78 is 17.4. The Morgan fingerprint density at radius 2 is 1.76 bits per heavy atom. The number of nitrogens with one attached hydrogen (secondary N) is 1. The van der Waals surface area contributed by atoms with Crippen molar-refractivity contribution in [3.05, 3.63) is 82.2 Å². The normalized spacial score (nSPS) is 26.6. The predicted octanol–water partition coefficient (Wildman–Crippen LogP) is 0.0904. The van der Waals surface area contributed by atoms with Gasteiger partial charge in [0, 0.05) is 23.2 Å². The Morgan fingerprint density at radius 3 is 2.47 bits per heavy atom. The summed E-state index contributed by atoms with van der Waals surface area (Å²) in [5.74, 6) is -1.20. The summed E-state index contributed by atoms with van der Waals surface area (Å²) in [6, 6.07) is 9.00. The largest absolute Gasteiger partial charge is 0.504 e. The number of carbonyl (C=O) groups is 2. The van der Waals surface area contributed by atoms with E-state index < -0.39 is 54.6 Å². The number of fused-ring (bicyclic) bond motifs is 2. The van der Waals surface area contributed by atoms with Crippen LogP contribution in [0.15, 0.2) is 59.9 Å². The van der Waals surface area contributed by atoms with Gasteiger partial charge in [0.15, 0.2) is 23.1 Å². The molecule has 0 amide bonds. The van der Waals surface area contributed by atoms with Gasteiger partial charge in [0.05, 0.1) is 24.6 Å². The Bertz CT molecular complexity index is 1320. The third-order valence-electron chi connectivity index (χ3n) is 6.81. The molecule has 7 N–H and O–H groups in total. The van der Waals surface area contributed by atoms with Gasteiger partial charge in [0.25, 0.3) is 0 Å². The fourth-order valence-corrected chi connectivity index (χ4v) is 4.80. The Balaban J connectivity index is 1.39. The number of carbonyl (C=O) groups excluding carboxylic acids is 2. The average molecular weight is 525 g/mol. The van der Waals surface area contributed by atoms with Crippen LogP contribution >= 0.6 is 0 Å². The highest BCUT2D eigenvalue weighted by atomic mass is 16.7. The summed E-state index contributed by atoms with van der Waals surface area (Å²) in [6.45, 7) is 0.0600. The quantitative estimate of drug-likeness (QED) is 0.246. The van der Waals surface area contributed by atoms with E-state index in [4.69, 9.17) is 19.9 Å². The fourth-order valence-electron chi connectivity index (χ4n) is 4.80. The van der Waals surface area contributed by atoms with Crippen molar-refractivity contribution in [3.8, 4) is 11.5 Å². The summed E-state index contributed by atoms with van der Waals surface area (Å²) in [7, 11) is 0. The highest BCUT2D eigenvalue weighted by Gasteiger charge is 2.47. The van der Waals surface area contributed by atoms with Crippen LogP contribution in [-0.2, 0) is 9.47 Å². The van der Waals surface area contributed by atoms with Crippen LogP contribution in [0.25, 0.3) is 0 Å². The fraction of sp³-hybridized carbons (Fsp3) is 0.333. The molecule has 11 nitrogen and oxygen atoms in total. The summed E-state index contributed by atoms with van der Waals surface area (Å²) >= 11 is 0. The molecular weight excluding hydrogens is 496 g/mol. The number of phenols is 1. The molecule has 5 rings (SSSR count). The van der Waals surface area contributed by atoms with Crippen LogP contribution in [0.4, 0.5) is 0 Å². The van der Waals surface area contributed by atoms with E-state index in [0.29, 0.717) is 18.8 Å². The second-order valence-corrected chi connectivity index (χ2v) is 9.21. The van der Waals surface area contributed by atoms with Gasteiger partial charge in [0.2, 0.25) is 6.29 Å². The Kier molecular flexibility index (Phi) is 7.19. The van der Waals surface area contributed by atoms with E-state index in [0.717, 1.165) is 5.57 Å². The van der Waals surface area contributed by atoms with Crippen LogP contribution in [0.5, 0.6) is 11.5 Å². The van der Waals surface area contributed by atoms with Crippen LogP contribution in [0.1, 0.15) is 38.3 Å². The molecule has 0 spiro atoms. The summed E-state index contributed by atoms with van der Waals surface area (Å²) in [5, 5.41) is 44.7. The molecule has 200 valence electrons. The van der Waals surface area contributed by atoms with E-state index in [1.165, 1.54) is 18.2 Å². The lowest BCUT2D eigenvalue weighted by Crippen LogP contribution is -2.61. The van der Waals surface area contributed by atoms with Gasteiger partial charge in [-0.15, -0.1) is 0 Å². The number of aliphatic hydroxyl groups excluding tert-OH is 3. The first-order valence-corrected chi connectivity index (χ1v) is 12.1. The van der Waals surface area contributed by atoms with Crippen LogP contribution in [0, 0.1) is 0 Å². The van der Waals surface area contributed by atoms with Gasteiger partial charge in [-0.2, -0.15) is 0 Å². The van der Waals surface area contributed by atoms with Gasteiger partial charge in [-0.05, 0) is 30.2 Å². The summed E-state index contributed by atoms with van der Waals surface area (Å²) in [4.78, 5) is 26.1. The SMILES string of the molecule is NC1=CC(CCO[C@@H]2[C@@H](Oc3ccc4c(c3O)C(=O)c3ccccc3C4=O)O[C@@H](CO)[C@H](O)[C@H]2O)=CCN1. The number of hydrogen-bond donors (Lipinski definition) is 6. The van der Waals surface area contributed by atoms with E-state index in [1.807, 2.05) is 6.08 Å². The zero-order valence-corrected chi connectivity index (χ0v) is 20.2. The number of ether oxygens (including phenoxy) is 3. The van der Waals surface area contributed by atoms with Gasteiger partial charge in [-0.25, -0.2) is 0 Å². The zero-order chi connectivity index (χ0) is 27.0. The Labute approximate surface area is 217 Å². The number of ketones is 2. The van der Waals surface area contributed by atoms with Gasteiger partial charge in [-0.1, -0.05) is 30.3 Å². The van der Waals surface area contributed by atoms with Crippen molar-refractivity contribution in [2.45, 2.75) is 37.1 Å². The minimum absolute atomic E-state index is 0.0298. The lowest BCUT2D eigenvalue weighted by molar-refractivity contribution is -0.287. The van der Waals surface area contributed by atoms with Gasteiger partial charge in [0.1, 0.15) is 24.4 Å². The highest BCUT2D eigenvalue weighted by Crippen LogP contribution is 2.40. The minimum atomic E-state index is -1.50. The maximum absolute atomic E-state index is 13.1. The lowest BCUT2D eigenvalue weighted by atomic mass is 9.83. The first-order valence-electron chi connectivity index (χ1n) is 12.1. The molecule has 0 saturated carbocycles. The van der Waals surface area contributed by atoms with Crippen molar-refractivity contribution >= 4 is 11.6 Å². The van der Waals surface area contributed by atoms with Crippen molar-refractivity contribution in [1.82, 2.24) is 5.32 Å². The molecule has 2 aromatic carbocycles. The van der Waals surface area contributed by atoms with Gasteiger partial charge < -0.3 is 45.7 Å². The first-order chi connectivity index (χ1) is 18.3. The first kappa shape index (κ1) is 25.9. The number of aliphatic hydroxyl groups is 3. The molecule has 5 atom stereocenters. The summed E-state index contributed by atoms with van der Waals surface area (Å²) in [6.07, 6.45) is -2.62. The second kappa shape index (κ2) is 10.6. The molecule has 38 heavy (non-hydrogen) atoms. The van der Waals surface area contributed by atoms with E-state index in [1.54, 1.807) is 24.3 Å². The molecule has 1 fully saturated rings. The Morgan fingerprint density at radius 1 is 1.03 bits per heavy atom. The molecule has 0 unspecified atom stereocenters. The minimum Gasteiger partial charge on any atom is -0.504 e. The maximum atomic E-state index is 13.1. The third kappa shape index (κ3) is 4.66. The van der Waals surface area contributed by atoms with Crippen molar-refractivity contribution in [3.63, 3.8) is 0 Å². The van der Waals surface area contributed by atoms with E-state index in [-0.39, 0.29) is 34.6 Å². The number of benzene rings is 2. The third-order valence-corrected chi connectivity index (χ3v) is 6.81. The molecule has 3 aliphatic rings. The second-order valence-electron chi connectivity index (χ2n) is 9.21. The van der Waals surface area contributed by atoms with Crippen LogP contribution < -0.4 is 15.8 Å². The Hall–Kier alpha value is -3.74. The van der Waals surface area contributed by atoms with Crippen LogP contribution in [-0.4, -0.2) is 82.5 Å². The van der Waals surface area contributed by atoms with Crippen molar-refractivity contribution in [2.75, 3.05) is 19.8 Å². The molecule has 1 aliphatic carbocycles. The number of allylic oxidation sites excluding steroid dienone is 1. The van der Waals surface area contributed by atoms with Gasteiger partial charge >= 0.3 is 0 Å². The molecule has 1 saturated heterocycles.